The zero-order valence-corrected chi connectivity index (χ0v) is 17.2. The molecule has 0 aliphatic carbocycles. The van der Waals surface area contributed by atoms with Crippen LogP contribution in [0.3, 0.4) is 0 Å². The molecule has 2 amide bonds. The van der Waals surface area contributed by atoms with Crippen molar-refractivity contribution in [3.63, 3.8) is 0 Å². The molecule has 0 spiro atoms. The Balaban J connectivity index is 1.44. The topological polar surface area (TPSA) is 67.2 Å². The van der Waals surface area contributed by atoms with Crippen molar-refractivity contribution in [2.75, 3.05) is 18.4 Å². The normalized spacial score (nSPS) is 14.9. The van der Waals surface area contributed by atoms with E-state index in [9.17, 15) is 9.59 Å². The SMILES string of the molecule is Cc1ccc2ncn(C3CCN(C(=O)Nc4ccc(C)c(Cl)c4)CC3)c(=O)c2c1. The number of urea groups is 1. The van der Waals surface area contributed by atoms with Crippen molar-refractivity contribution in [3.8, 4) is 0 Å². The highest BCUT2D eigenvalue weighted by atomic mass is 35.5. The summed E-state index contributed by atoms with van der Waals surface area (Å²) in [6.07, 6.45) is 3.05. The second-order valence-electron chi connectivity index (χ2n) is 7.59. The van der Waals surface area contributed by atoms with Crippen molar-refractivity contribution >= 4 is 34.2 Å². The van der Waals surface area contributed by atoms with Gasteiger partial charge in [-0.15, -0.1) is 0 Å². The fourth-order valence-electron chi connectivity index (χ4n) is 3.73. The Kier molecular flexibility index (Phi) is 5.28. The van der Waals surface area contributed by atoms with Crippen molar-refractivity contribution in [3.05, 3.63) is 69.2 Å². The first-order valence-electron chi connectivity index (χ1n) is 9.72. The number of hydrogen-bond donors (Lipinski definition) is 1. The zero-order valence-electron chi connectivity index (χ0n) is 16.5. The molecule has 1 fully saturated rings. The molecule has 1 aliphatic heterocycles. The minimum Gasteiger partial charge on any atom is -0.324 e. The van der Waals surface area contributed by atoms with E-state index < -0.39 is 0 Å². The lowest BCUT2D eigenvalue weighted by molar-refractivity contribution is 0.182. The number of rotatable bonds is 2. The average molecular weight is 411 g/mol. The summed E-state index contributed by atoms with van der Waals surface area (Å²) in [7, 11) is 0. The minimum absolute atomic E-state index is 0.0177. The maximum atomic E-state index is 12.9. The van der Waals surface area contributed by atoms with Crippen molar-refractivity contribution < 1.29 is 4.79 Å². The van der Waals surface area contributed by atoms with Gasteiger partial charge in [0.15, 0.2) is 0 Å². The van der Waals surface area contributed by atoms with E-state index in [0.717, 1.165) is 11.1 Å². The Bertz CT molecular complexity index is 1130. The van der Waals surface area contributed by atoms with Crippen LogP contribution in [0.15, 0.2) is 47.5 Å². The van der Waals surface area contributed by atoms with Crippen LogP contribution in [0.1, 0.15) is 30.0 Å². The molecule has 0 radical (unpaired) electrons. The molecule has 6 nitrogen and oxygen atoms in total. The lowest BCUT2D eigenvalue weighted by Gasteiger charge is -2.32. The summed E-state index contributed by atoms with van der Waals surface area (Å²) in [5.74, 6) is 0. The van der Waals surface area contributed by atoms with Gasteiger partial charge in [0.2, 0.25) is 0 Å². The van der Waals surface area contributed by atoms with Crippen LogP contribution >= 0.6 is 11.6 Å². The van der Waals surface area contributed by atoms with E-state index in [0.29, 0.717) is 47.5 Å². The van der Waals surface area contributed by atoms with Crippen LogP contribution in [0, 0.1) is 13.8 Å². The van der Waals surface area contributed by atoms with Gasteiger partial charge in [-0.2, -0.15) is 0 Å². The van der Waals surface area contributed by atoms with Crippen molar-refractivity contribution in [1.29, 1.82) is 0 Å². The number of piperidine rings is 1. The molecule has 4 rings (SSSR count). The lowest BCUT2D eigenvalue weighted by atomic mass is 10.0. The molecule has 2 heterocycles. The highest BCUT2D eigenvalue weighted by Gasteiger charge is 2.25. The number of nitrogens with zero attached hydrogens (tertiary/aromatic N) is 3. The highest BCUT2D eigenvalue weighted by Crippen LogP contribution is 2.24. The first kappa shape index (κ1) is 19.5. The van der Waals surface area contributed by atoms with Crippen molar-refractivity contribution in [2.24, 2.45) is 0 Å². The molecule has 1 aromatic heterocycles. The molecule has 150 valence electrons. The van der Waals surface area contributed by atoms with Gasteiger partial charge in [-0.1, -0.05) is 29.3 Å². The number of carbonyl (C=O) groups excluding carboxylic acids is 1. The first-order chi connectivity index (χ1) is 13.9. The summed E-state index contributed by atoms with van der Waals surface area (Å²) in [4.78, 5) is 31.7. The Morgan fingerprint density at radius 1 is 1.14 bits per heavy atom. The lowest BCUT2D eigenvalue weighted by Crippen LogP contribution is -2.42. The average Bonchev–Trinajstić information content (AvgIpc) is 2.72. The van der Waals surface area contributed by atoms with Crippen LogP contribution in [0.2, 0.25) is 5.02 Å². The molecule has 0 atom stereocenters. The highest BCUT2D eigenvalue weighted by molar-refractivity contribution is 6.31. The van der Waals surface area contributed by atoms with Gasteiger partial charge in [0, 0.05) is 29.8 Å². The summed E-state index contributed by atoms with van der Waals surface area (Å²) in [6, 6.07) is 11.1. The Morgan fingerprint density at radius 2 is 1.90 bits per heavy atom. The van der Waals surface area contributed by atoms with E-state index in [4.69, 9.17) is 11.6 Å². The van der Waals surface area contributed by atoms with E-state index in [2.05, 4.69) is 10.3 Å². The smallest absolute Gasteiger partial charge is 0.321 e. The van der Waals surface area contributed by atoms with Crippen LogP contribution in [0.4, 0.5) is 10.5 Å². The van der Waals surface area contributed by atoms with Gasteiger partial charge < -0.3 is 10.2 Å². The Labute approximate surface area is 174 Å². The molecule has 1 N–H and O–H groups in total. The van der Waals surface area contributed by atoms with Gasteiger partial charge in [0.25, 0.3) is 5.56 Å². The van der Waals surface area contributed by atoms with E-state index in [-0.39, 0.29) is 17.6 Å². The number of carbonyl (C=O) groups is 1. The van der Waals surface area contributed by atoms with Gasteiger partial charge in [-0.05, 0) is 56.5 Å². The molecular formula is C22H23ClN4O2. The molecule has 1 saturated heterocycles. The number of aryl methyl sites for hydroxylation is 2. The molecule has 0 saturated carbocycles. The third-order valence-electron chi connectivity index (χ3n) is 5.51. The number of nitrogens with one attached hydrogen (secondary N) is 1. The Hall–Kier alpha value is -2.86. The molecule has 2 aromatic carbocycles. The van der Waals surface area contributed by atoms with Crippen LogP contribution in [0.5, 0.6) is 0 Å². The van der Waals surface area contributed by atoms with Crippen molar-refractivity contribution in [2.45, 2.75) is 32.7 Å². The summed E-state index contributed by atoms with van der Waals surface area (Å²) in [6.45, 7) is 5.04. The molecule has 3 aromatic rings. The quantitative estimate of drug-likeness (QED) is 0.674. The van der Waals surface area contributed by atoms with Gasteiger partial charge in [-0.3, -0.25) is 9.36 Å². The summed E-state index contributed by atoms with van der Waals surface area (Å²) >= 11 is 6.13. The molecule has 29 heavy (non-hydrogen) atoms. The predicted molar refractivity (Wildman–Crippen MR) is 116 cm³/mol. The van der Waals surface area contributed by atoms with Gasteiger partial charge in [0.05, 0.1) is 17.2 Å². The Morgan fingerprint density at radius 3 is 2.62 bits per heavy atom. The number of aromatic nitrogens is 2. The van der Waals surface area contributed by atoms with Crippen LogP contribution < -0.4 is 10.9 Å². The fraction of sp³-hybridized carbons (Fsp3) is 0.318. The molecule has 1 aliphatic rings. The van der Waals surface area contributed by atoms with Gasteiger partial charge >= 0.3 is 6.03 Å². The van der Waals surface area contributed by atoms with Crippen molar-refractivity contribution in [1.82, 2.24) is 14.5 Å². The van der Waals surface area contributed by atoms with Crippen LogP contribution in [0.25, 0.3) is 10.9 Å². The number of fused-ring (bicyclic) bond motifs is 1. The second-order valence-corrected chi connectivity index (χ2v) is 8.00. The van der Waals surface area contributed by atoms with E-state index >= 15 is 0 Å². The fourth-order valence-corrected chi connectivity index (χ4v) is 3.91. The zero-order chi connectivity index (χ0) is 20.5. The first-order valence-corrected chi connectivity index (χ1v) is 10.1. The number of likely N-dealkylation sites (tertiary alicyclic amines) is 1. The third kappa shape index (κ3) is 3.98. The summed E-state index contributed by atoms with van der Waals surface area (Å²) in [5, 5.41) is 4.17. The number of anilines is 1. The number of halogens is 1. The number of amides is 2. The van der Waals surface area contributed by atoms with E-state index in [1.165, 1.54) is 0 Å². The number of benzene rings is 2. The van der Waals surface area contributed by atoms with E-state index in [1.54, 1.807) is 21.9 Å². The number of hydrogen-bond acceptors (Lipinski definition) is 3. The van der Waals surface area contributed by atoms with Crippen LogP contribution in [-0.4, -0.2) is 33.6 Å². The summed E-state index contributed by atoms with van der Waals surface area (Å²) < 4.78 is 1.72. The minimum atomic E-state index is -0.150. The maximum absolute atomic E-state index is 12.9. The maximum Gasteiger partial charge on any atom is 0.321 e. The molecule has 0 unspecified atom stereocenters. The van der Waals surface area contributed by atoms with E-state index in [1.807, 2.05) is 44.2 Å². The summed E-state index contributed by atoms with van der Waals surface area (Å²) in [5.41, 5.74) is 3.38. The standard InChI is InChI=1S/C22H23ClN4O2/c1-14-3-6-20-18(11-14)21(28)27(13-24-20)17-7-9-26(10-8-17)22(29)25-16-5-4-15(2)19(23)12-16/h3-6,11-13,17H,7-10H2,1-2H3,(H,25,29). The van der Waals surface area contributed by atoms with Gasteiger partial charge in [-0.25, -0.2) is 9.78 Å². The van der Waals surface area contributed by atoms with Gasteiger partial charge in [0.1, 0.15) is 0 Å². The second kappa shape index (κ2) is 7.87. The molecule has 7 heteroatoms. The molecule has 0 bridgehead atoms. The largest absolute Gasteiger partial charge is 0.324 e. The third-order valence-corrected chi connectivity index (χ3v) is 5.91. The van der Waals surface area contributed by atoms with Crippen LogP contribution in [-0.2, 0) is 0 Å². The molecular weight excluding hydrogens is 388 g/mol. The monoisotopic (exact) mass is 410 g/mol. The predicted octanol–water partition coefficient (Wildman–Crippen LogP) is 4.54.